The number of hydrogen-bond donors (Lipinski definition) is 0. The van der Waals surface area contributed by atoms with Gasteiger partial charge in [-0.15, -0.1) is 11.3 Å². The highest BCUT2D eigenvalue weighted by Crippen LogP contribution is 2.30. The van der Waals surface area contributed by atoms with Gasteiger partial charge in [-0.1, -0.05) is 12.1 Å². The Kier molecular flexibility index (Phi) is 1.91. The zero-order valence-corrected chi connectivity index (χ0v) is 10.2. The summed E-state index contributed by atoms with van der Waals surface area (Å²) in [5.41, 5.74) is 5.64. The molecule has 0 saturated heterocycles. The Morgan fingerprint density at radius 3 is 3.12 bits per heavy atom. The molecule has 0 bridgehead atoms. The summed E-state index contributed by atoms with van der Waals surface area (Å²) < 4.78 is 2.17. The number of nitrogens with zero attached hydrogens (tertiary/aromatic N) is 2. The van der Waals surface area contributed by atoms with Crippen LogP contribution in [0, 0.1) is 0 Å². The molecule has 17 heavy (non-hydrogen) atoms. The average Bonchev–Trinajstić information content (AvgIpc) is 3.03. The summed E-state index contributed by atoms with van der Waals surface area (Å²) in [5.74, 6) is 0. The first-order chi connectivity index (χ1) is 8.42. The van der Waals surface area contributed by atoms with E-state index in [1.807, 2.05) is 12.4 Å². The van der Waals surface area contributed by atoms with Crippen molar-refractivity contribution < 1.29 is 0 Å². The summed E-state index contributed by atoms with van der Waals surface area (Å²) >= 11 is 1.70. The van der Waals surface area contributed by atoms with Crippen LogP contribution in [-0.2, 0) is 12.8 Å². The van der Waals surface area contributed by atoms with Gasteiger partial charge >= 0.3 is 0 Å². The van der Waals surface area contributed by atoms with E-state index in [2.05, 4.69) is 33.0 Å². The van der Waals surface area contributed by atoms with Gasteiger partial charge in [-0.25, -0.2) is 4.98 Å². The third kappa shape index (κ3) is 1.35. The summed E-state index contributed by atoms with van der Waals surface area (Å²) in [6, 6.07) is 6.88. The number of imidazole rings is 1. The molecule has 0 fully saturated rings. The molecule has 0 atom stereocenters. The molecular formula is C14H12N2S. The Morgan fingerprint density at radius 1 is 1.18 bits per heavy atom. The van der Waals surface area contributed by atoms with Crippen LogP contribution in [0.4, 0.5) is 0 Å². The highest BCUT2D eigenvalue weighted by molar-refractivity contribution is 7.15. The van der Waals surface area contributed by atoms with Gasteiger partial charge in [-0.2, -0.15) is 0 Å². The lowest BCUT2D eigenvalue weighted by Gasteiger charge is -2.04. The van der Waals surface area contributed by atoms with Crippen LogP contribution in [0.1, 0.15) is 17.5 Å². The van der Waals surface area contributed by atoms with Gasteiger partial charge in [0.2, 0.25) is 0 Å². The summed E-state index contributed by atoms with van der Waals surface area (Å²) in [6.07, 6.45) is 7.69. The van der Waals surface area contributed by atoms with Crippen LogP contribution in [0.25, 0.3) is 16.2 Å². The summed E-state index contributed by atoms with van der Waals surface area (Å²) in [5, 5.41) is 2.19. The molecule has 3 aromatic rings. The first-order valence-electron chi connectivity index (χ1n) is 5.94. The van der Waals surface area contributed by atoms with Gasteiger partial charge in [0, 0.05) is 17.8 Å². The van der Waals surface area contributed by atoms with Crippen LogP contribution < -0.4 is 0 Å². The Morgan fingerprint density at radius 2 is 2.12 bits per heavy atom. The highest BCUT2D eigenvalue weighted by Gasteiger charge is 2.13. The van der Waals surface area contributed by atoms with Gasteiger partial charge in [0.15, 0.2) is 4.96 Å². The largest absolute Gasteiger partial charge is 0.290 e. The van der Waals surface area contributed by atoms with Gasteiger partial charge in [0.1, 0.15) is 0 Å². The molecule has 1 aromatic carbocycles. The van der Waals surface area contributed by atoms with E-state index >= 15 is 0 Å². The molecule has 0 saturated carbocycles. The molecule has 4 rings (SSSR count). The second kappa shape index (κ2) is 3.44. The number of aryl methyl sites for hydroxylation is 2. The minimum Gasteiger partial charge on any atom is -0.290 e. The standard InChI is InChI=1S/C14H12N2S/c1-2-10-4-5-12(8-11(10)3-1)13-9-17-14-15-6-7-16(13)14/h4-9H,1-3H2. The van der Waals surface area contributed by atoms with E-state index in [0.717, 1.165) is 4.96 Å². The fourth-order valence-corrected chi connectivity index (χ4v) is 3.53. The number of hydrogen-bond acceptors (Lipinski definition) is 2. The third-order valence-corrected chi connectivity index (χ3v) is 4.39. The van der Waals surface area contributed by atoms with Crippen molar-refractivity contribution in [3.8, 4) is 11.3 Å². The molecule has 0 radical (unpaired) electrons. The Hall–Kier alpha value is -1.61. The maximum atomic E-state index is 4.32. The number of rotatable bonds is 1. The molecule has 0 aliphatic heterocycles. The van der Waals surface area contributed by atoms with Crippen LogP contribution in [0.5, 0.6) is 0 Å². The van der Waals surface area contributed by atoms with E-state index in [0.29, 0.717) is 0 Å². The number of fused-ring (bicyclic) bond motifs is 2. The van der Waals surface area contributed by atoms with Crippen LogP contribution in [0.15, 0.2) is 36.0 Å². The predicted molar refractivity (Wildman–Crippen MR) is 70.5 cm³/mol. The second-order valence-electron chi connectivity index (χ2n) is 4.54. The zero-order valence-electron chi connectivity index (χ0n) is 9.39. The van der Waals surface area contributed by atoms with Crippen LogP contribution in [0.3, 0.4) is 0 Å². The lowest BCUT2D eigenvalue weighted by Crippen LogP contribution is -1.87. The monoisotopic (exact) mass is 240 g/mol. The fourth-order valence-electron chi connectivity index (χ4n) is 2.66. The molecule has 2 aromatic heterocycles. The Bertz CT molecular complexity index is 693. The van der Waals surface area contributed by atoms with Gasteiger partial charge < -0.3 is 0 Å². The molecule has 0 amide bonds. The molecule has 3 heteroatoms. The van der Waals surface area contributed by atoms with Crippen molar-refractivity contribution in [2.45, 2.75) is 19.3 Å². The number of thiazole rings is 1. The van der Waals surface area contributed by atoms with E-state index in [-0.39, 0.29) is 0 Å². The summed E-state index contributed by atoms with van der Waals surface area (Å²) in [7, 11) is 0. The topological polar surface area (TPSA) is 17.3 Å². The molecule has 84 valence electrons. The van der Waals surface area contributed by atoms with E-state index in [9.17, 15) is 0 Å². The van der Waals surface area contributed by atoms with Crippen molar-refractivity contribution in [3.63, 3.8) is 0 Å². The molecule has 2 nitrogen and oxygen atoms in total. The Balaban J connectivity index is 1.92. The normalized spacial score (nSPS) is 14.4. The van der Waals surface area contributed by atoms with Crippen LogP contribution >= 0.6 is 11.3 Å². The van der Waals surface area contributed by atoms with E-state index in [4.69, 9.17) is 0 Å². The lowest BCUT2D eigenvalue weighted by molar-refractivity contribution is 0.912. The lowest BCUT2D eigenvalue weighted by atomic mass is 10.0. The molecule has 0 unspecified atom stereocenters. The minimum atomic E-state index is 1.07. The predicted octanol–water partition coefficient (Wildman–Crippen LogP) is 3.55. The first kappa shape index (κ1) is 9.42. The van der Waals surface area contributed by atoms with E-state index in [1.165, 1.54) is 41.6 Å². The summed E-state index contributed by atoms with van der Waals surface area (Å²) in [4.78, 5) is 5.39. The van der Waals surface area contributed by atoms with Crippen LogP contribution in [-0.4, -0.2) is 9.38 Å². The molecule has 1 aliphatic rings. The second-order valence-corrected chi connectivity index (χ2v) is 5.37. The Labute approximate surface area is 104 Å². The summed E-state index contributed by atoms with van der Waals surface area (Å²) in [6.45, 7) is 0. The van der Waals surface area contributed by atoms with Gasteiger partial charge in [-0.3, -0.25) is 4.40 Å². The van der Waals surface area contributed by atoms with Gasteiger partial charge in [-0.05, 0) is 42.0 Å². The van der Waals surface area contributed by atoms with Crippen molar-refractivity contribution in [3.05, 3.63) is 47.1 Å². The molecule has 2 heterocycles. The molecule has 0 N–H and O–H groups in total. The van der Waals surface area contributed by atoms with Crippen molar-refractivity contribution in [2.75, 3.05) is 0 Å². The van der Waals surface area contributed by atoms with E-state index < -0.39 is 0 Å². The maximum absolute atomic E-state index is 4.32. The van der Waals surface area contributed by atoms with Crippen molar-refractivity contribution in [2.24, 2.45) is 0 Å². The van der Waals surface area contributed by atoms with Crippen molar-refractivity contribution >= 4 is 16.3 Å². The molecular weight excluding hydrogens is 228 g/mol. The third-order valence-electron chi connectivity index (χ3n) is 3.54. The molecule has 0 spiro atoms. The van der Waals surface area contributed by atoms with Crippen LogP contribution in [0.2, 0.25) is 0 Å². The fraction of sp³-hybridized carbons (Fsp3) is 0.214. The number of benzene rings is 1. The quantitative estimate of drug-likeness (QED) is 0.636. The van der Waals surface area contributed by atoms with Gasteiger partial charge in [0.05, 0.1) is 5.69 Å². The van der Waals surface area contributed by atoms with Crippen molar-refractivity contribution in [1.82, 2.24) is 9.38 Å². The first-order valence-corrected chi connectivity index (χ1v) is 6.82. The van der Waals surface area contributed by atoms with E-state index in [1.54, 1.807) is 11.3 Å². The SMILES string of the molecule is c1cn2c(-c3ccc4c(c3)CCC4)csc2n1. The van der Waals surface area contributed by atoms with Crippen molar-refractivity contribution in [1.29, 1.82) is 0 Å². The zero-order chi connectivity index (χ0) is 11.2. The maximum Gasteiger partial charge on any atom is 0.194 e. The number of aromatic nitrogens is 2. The smallest absolute Gasteiger partial charge is 0.194 e. The minimum absolute atomic E-state index is 1.07. The molecule has 1 aliphatic carbocycles. The average molecular weight is 240 g/mol. The highest BCUT2D eigenvalue weighted by atomic mass is 32.1. The van der Waals surface area contributed by atoms with Gasteiger partial charge in [0.25, 0.3) is 0 Å².